The summed E-state index contributed by atoms with van der Waals surface area (Å²) in [6.07, 6.45) is 5.35. The zero-order chi connectivity index (χ0) is 22.0. The van der Waals surface area contributed by atoms with Crippen LogP contribution in [-0.4, -0.2) is 52.5 Å². The Morgan fingerprint density at radius 1 is 1.19 bits per heavy atom. The average molecular weight is 437 g/mol. The Morgan fingerprint density at radius 2 is 1.94 bits per heavy atom. The van der Waals surface area contributed by atoms with Crippen LogP contribution >= 0.6 is 11.6 Å². The van der Waals surface area contributed by atoms with Crippen LogP contribution in [0.3, 0.4) is 0 Å². The molecule has 2 aromatic heterocycles. The number of pyridine rings is 1. The first-order valence-electron chi connectivity index (χ1n) is 9.78. The zero-order valence-electron chi connectivity index (χ0n) is 16.9. The Balaban J connectivity index is 1.64. The van der Waals surface area contributed by atoms with E-state index in [-0.39, 0.29) is 17.2 Å². The lowest BCUT2D eigenvalue weighted by atomic mass is 10.1. The van der Waals surface area contributed by atoms with E-state index in [0.29, 0.717) is 29.4 Å². The fourth-order valence-electron chi connectivity index (χ4n) is 3.34. The van der Waals surface area contributed by atoms with Crippen molar-refractivity contribution in [2.45, 2.75) is 6.42 Å². The lowest BCUT2D eigenvalue weighted by molar-refractivity contribution is -0.130. The predicted molar refractivity (Wildman–Crippen MR) is 120 cm³/mol. The van der Waals surface area contributed by atoms with Crippen LogP contribution in [0.4, 0.5) is 5.69 Å². The molecule has 31 heavy (non-hydrogen) atoms. The molecule has 2 amide bonds. The second kappa shape index (κ2) is 8.61. The third kappa shape index (κ3) is 4.02. The summed E-state index contributed by atoms with van der Waals surface area (Å²) in [5.41, 5.74) is 2.73. The van der Waals surface area contributed by atoms with Crippen molar-refractivity contribution in [1.29, 1.82) is 5.41 Å². The third-order valence-electron chi connectivity index (χ3n) is 5.13. The lowest BCUT2D eigenvalue weighted by Gasteiger charge is -2.31. The van der Waals surface area contributed by atoms with Gasteiger partial charge in [-0.3, -0.25) is 9.59 Å². The summed E-state index contributed by atoms with van der Waals surface area (Å²) >= 11 is 6.39. The highest BCUT2D eigenvalue weighted by Crippen LogP contribution is 2.27. The number of imidazole rings is 1. The van der Waals surface area contributed by atoms with Crippen LogP contribution in [0.25, 0.3) is 16.9 Å². The lowest BCUT2D eigenvalue weighted by Crippen LogP contribution is -2.44. The van der Waals surface area contributed by atoms with Gasteiger partial charge in [-0.15, -0.1) is 0 Å². The maximum absolute atomic E-state index is 12.9. The largest absolute Gasteiger partial charge is 0.383 e. The maximum atomic E-state index is 12.9. The minimum Gasteiger partial charge on any atom is -0.383 e. The van der Waals surface area contributed by atoms with E-state index >= 15 is 0 Å². The van der Waals surface area contributed by atoms with Gasteiger partial charge >= 0.3 is 0 Å². The number of benzene rings is 1. The number of anilines is 1. The molecule has 0 bridgehead atoms. The van der Waals surface area contributed by atoms with Gasteiger partial charge in [-0.2, -0.15) is 0 Å². The Bertz CT molecular complexity index is 1200. The van der Waals surface area contributed by atoms with Crippen molar-refractivity contribution in [2.75, 3.05) is 25.5 Å². The number of aromatic nitrogens is 2. The molecule has 1 aromatic carbocycles. The van der Waals surface area contributed by atoms with Gasteiger partial charge in [0.25, 0.3) is 11.8 Å². The highest BCUT2D eigenvalue weighted by Gasteiger charge is 2.27. The molecule has 8 nitrogen and oxygen atoms in total. The van der Waals surface area contributed by atoms with Crippen LogP contribution in [0.2, 0.25) is 5.02 Å². The maximum Gasteiger partial charge on any atom is 0.272 e. The molecule has 3 aromatic rings. The molecule has 0 aliphatic carbocycles. The van der Waals surface area contributed by atoms with Crippen LogP contribution in [-0.2, 0) is 9.59 Å². The van der Waals surface area contributed by atoms with E-state index in [1.54, 1.807) is 21.6 Å². The summed E-state index contributed by atoms with van der Waals surface area (Å²) in [6.45, 7) is 1.25. The summed E-state index contributed by atoms with van der Waals surface area (Å²) in [7, 11) is 1.54. The quantitative estimate of drug-likeness (QED) is 0.408. The molecule has 1 aliphatic heterocycles. The Hall–Kier alpha value is -3.65. The number of likely N-dealkylation sites (N-methyl/N-ethyl adjacent to an activating group) is 1. The monoisotopic (exact) mass is 436 g/mol. The first-order valence-corrected chi connectivity index (χ1v) is 10.2. The van der Waals surface area contributed by atoms with E-state index in [1.807, 2.05) is 36.5 Å². The number of carbonyl (C=O) groups excluding carboxylic acids is 2. The topological polar surface area (TPSA) is 103 Å². The summed E-state index contributed by atoms with van der Waals surface area (Å²) in [5.74, 6) is -0.904. The van der Waals surface area contributed by atoms with Crippen molar-refractivity contribution in [1.82, 2.24) is 19.6 Å². The first-order chi connectivity index (χ1) is 15.0. The number of fused-ring (bicyclic) bond motifs is 1. The second-order valence-electron chi connectivity index (χ2n) is 7.08. The van der Waals surface area contributed by atoms with Crippen LogP contribution in [0, 0.1) is 5.41 Å². The summed E-state index contributed by atoms with van der Waals surface area (Å²) in [4.78, 5) is 31.7. The van der Waals surface area contributed by atoms with Gasteiger partial charge in [0, 0.05) is 50.4 Å². The predicted octanol–water partition coefficient (Wildman–Crippen LogP) is 2.95. The first kappa shape index (κ1) is 20.6. The van der Waals surface area contributed by atoms with Crippen molar-refractivity contribution in [3.8, 4) is 11.3 Å². The number of halogens is 1. The summed E-state index contributed by atoms with van der Waals surface area (Å²) in [5, 5.41) is 13.4. The Labute approximate surface area is 184 Å². The minimum absolute atomic E-state index is 0.00377. The Morgan fingerprint density at radius 3 is 2.55 bits per heavy atom. The highest BCUT2D eigenvalue weighted by molar-refractivity contribution is 6.34. The molecule has 158 valence electrons. The van der Waals surface area contributed by atoms with E-state index < -0.39 is 5.91 Å². The fraction of sp³-hybridized carbons (Fsp3) is 0.182. The second-order valence-corrected chi connectivity index (χ2v) is 7.48. The van der Waals surface area contributed by atoms with Crippen molar-refractivity contribution in [2.24, 2.45) is 0 Å². The average Bonchev–Trinajstić information content (AvgIpc) is 3.14. The number of carbonyl (C=O) groups is 2. The van der Waals surface area contributed by atoms with Crippen LogP contribution < -0.4 is 10.6 Å². The molecule has 0 spiro atoms. The molecular weight excluding hydrogens is 416 g/mol. The summed E-state index contributed by atoms with van der Waals surface area (Å²) < 4.78 is 1.78. The van der Waals surface area contributed by atoms with Crippen LogP contribution in [0.15, 0.2) is 60.1 Å². The highest BCUT2D eigenvalue weighted by atomic mass is 35.5. The Kier molecular flexibility index (Phi) is 5.73. The molecule has 3 N–H and O–H groups in total. The molecule has 4 rings (SSSR count). The fourth-order valence-corrected chi connectivity index (χ4v) is 3.54. The van der Waals surface area contributed by atoms with Gasteiger partial charge in [0.15, 0.2) is 0 Å². The third-order valence-corrected chi connectivity index (χ3v) is 5.43. The summed E-state index contributed by atoms with van der Waals surface area (Å²) in [6, 6.07) is 11.4. The van der Waals surface area contributed by atoms with E-state index in [2.05, 4.69) is 15.6 Å². The van der Waals surface area contributed by atoms with Crippen molar-refractivity contribution in [3.63, 3.8) is 0 Å². The van der Waals surface area contributed by atoms with Gasteiger partial charge in [0.1, 0.15) is 11.3 Å². The SMILES string of the molecule is CN/C(C(=O)Nc1cc2nc(-c3ccccc3)cn2cc1Cl)=C(\C=N)C(=O)N1CCC1. The van der Waals surface area contributed by atoms with E-state index in [9.17, 15) is 9.59 Å². The molecule has 1 aliphatic rings. The van der Waals surface area contributed by atoms with E-state index in [1.165, 1.54) is 7.05 Å². The number of hydrogen-bond donors (Lipinski definition) is 3. The van der Waals surface area contributed by atoms with Gasteiger partial charge in [-0.1, -0.05) is 41.9 Å². The molecule has 0 atom stereocenters. The normalized spacial score (nSPS) is 13.9. The van der Waals surface area contributed by atoms with Crippen molar-refractivity contribution >= 4 is 41.0 Å². The number of amides is 2. The molecule has 0 saturated carbocycles. The molecule has 1 saturated heterocycles. The molecule has 1 fully saturated rings. The van der Waals surface area contributed by atoms with Gasteiger partial charge in [-0.05, 0) is 6.42 Å². The van der Waals surface area contributed by atoms with Crippen molar-refractivity contribution < 1.29 is 9.59 Å². The molecule has 3 heterocycles. The number of hydrogen-bond acceptors (Lipinski definition) is 5. The van der Waals surface area contributed by atoms with Crippen LogP contribution in [0.1, 0.15) is 6.42 Å². The number of nitrogens with zero attached hydrogens (tertiary/aromatic N) is 3. The minimum atomic E-state index is -0.559. The van der Waals surface area contributed by atoms with Gasteiger partial charge in [0.05, 0.1) is 22.0 Å². The zero-order valence-corrected chi connectivity index (χ0v) is 17.6. The standard InChI is InChI=1S/C22H21ClN6O2/c1-25-20(15(11-24)22(31)28-8-5-9-28)21(30)27-17-10-19-26-18(13-29(19)12-16(17)23)14-6-3-2-4-7-14/h2-4,6-7,10-13,24-25H,5,8-9H2,1H3,(H,27,30)/b20-15+,24-11?. The smallest absolute Gasteiger partial charge is 0.272 e. The van der Waals surface area contributed by atoms with Gasteiger partial charge < -0.3 is 25.3 Å². The van der Waals surface area contributed by atoms with Gasteiger partial charge in [0.2, 0.25) is 0 Å². The van der Waals surface area contributed by atoms with Crippen LogP contribution in [0.5, 0.6) is 0 Å². The molecule has 0 unspecified atom stereocenters. The van der Waals surface area contributed by atoms with Crippen molar-refractivity contribution in [3.05, 3.63) is 65.1 Å². The molecule has 0 radical (unpaired) electrons. The molecular formula is C22H21ClN6O2. The van der Waals surface area contributed by atoms with E-state index in [4.69, 9.17) is 17.0 Å². The number of nitrogens with one attached hydrogen (secondary N) is 3. The number of likely N-dealkylation sites (tertiary alicyclic amines) is 1. The van der Waals surface area contributed by atoms with Gasteiger partial charge in [-0.25, -0.2) is 4.98 Å². The molecule has 9 heteroatoms. The van der Waals surface area contributed by atoms with E-state index in [0.717, 1.165) is 23.9 Å². The number of rotatable bonds is 6.